The molecular formula is C45H32N4. The van der Waals surface area contributed by atoms with E-state index in [1.807, 2.05) is 12.1 Å². The van der Waals surface area contributed by atoms with Gasteiger partial charge in [-0.3, -0.25) is 0 Å². The second kappa shape index (κ2) is 10.4. The summed E-state index contributed by atoms with van der Waals surface area (Å²) in [4.78, 5) is 10.3. The van der Waals surface area contributed by atoms with Crippen LogP contribution in [-0.2, 0) is 5.41 Å². The Balaban J connectivity index is 1.22. The number of hydrogen-bond donors (Lipinski definition) is 0. The van der Waals surface area contributed by atoms with E-state index in [-0.39, 0.29) is 5.41 Å². The van der Waals surface area contributed by atoms with E-state index in [9.17, 15) is 0 Å². The third-order valence-corrected chi connectivity index (χ3v) is 10.3. The first-order chi connectivity index (χ1) is 24.1. The van der Waals surface area contributed by atoms with Gasteiger partial charge in [0.1, 0.15) is 0 Å². The number of rotatable bonds is 4. The molecule has 1 aliphatic rings. The average Bonchev–Trinajstić information content (AvgIpc) is 3.79. The summed E-state index contributed by atoms with van der Waals surface area (Å²) in [6, 6.07) is 56.1. The van der Waals surface area contributed by atoms with Gasteiger partial charge in [-0.1, -0.05) is 129 Å². The quantitative estimate of drug-likeness (QED) is 0.194. The highest BCUT2D eigenvalue weighted by atomic mass is 15.1. The fourth-order valence-electron chi connectivity index (χ4n) is 7.94. The molecular weight excluding hydrogens is 597 g/mol. The van der Waals surface area contributed by atoms with Crippen molar-refractivity contribution < 1.29 is 0 Å². The van der Waals surface area contributed by atoms with Crippen molar-refractivity contribution in [2.75, 3.05) is 0 Å². The van der Waals surface area contributed by atoms with Crippen LogP contribution >= 0.6 is 0 Å². The van der Waals surface area contributed by atoms with Crippen LogP contribution in [0.1, 0.15) is 25.1 Å². The Labute approximate surface area is 284 Å². The van der Waals surface area contributed by atoms with E-state index >= 15 is 0 Å². The molecule has 6 aromatic carbocycles. The van der Waals surface area contributed by atoms with Crippen LogP contribution in [0.4, 0.5) is 0 Å². The standard InChI is InChI=1S/C45H32N4/c1-45(2)36-21-10-12-23-41(36)49-40-25-24-34-33-20-9-11-22-39(33)48(43(34)35(40)27-42(45)49)32-19-13-18-31(26-32)44-46-37(29-14-5-3-6-15-29)28-38(47-44)30-16-7-4-8-17-30/h3-28H,1-2H3. The van der Waals surface area contributed by atoms with Crippen molar-refractivity contribution in [3.63, 3.8) is 0 Å². The predicted molar refractivity (Wildman–Crippen MR) is 202 cm³/mol. The number of nitrogens with zero attached hydrogens (tertiary/aromatic N) is 4. The predicted octanol–water partition coefficient (Wildman–Crippen LogP) is 11.2. The molecule has 0 fully saturated rings. The number of fused-ring (bicyclic) bond motifs is 9. The number of aromatic nitrogens is 4. The van der Waals surface area contributed by atoms with Crippen molar-refractivity contribution in [1.82, 2.24) is 19.1 Å². The molecule has 4 heterocycles. The lowest BCUT2D eigenvalue weighted by molar-refractivity contribution is 0.645. The summed E-state index contributed by atoms with van der Waals surface area (Å²) in [6.07, 6.45) is 0. The summed E-state index contributed by atoms with van der Waals surface area (Å²) in [5, 5.41) is 3.74. The Hall–Kier alpha value is -6.26. The van der Waals surface area contributed by atoms with Gasteiger partial charge in [-0.15, -0.1) is 0 Å². The highest BCUT2D eigenvalue weighted by Crippen LogP contribution is 2.48. The van der Waals surface area contributed by atoms with E-state index in [0.717, 1.165) is 33.8 Å². The normalized spacial score (nSPS) is 13.3. The van der Waals surface area contributed by atoms with E-state index in [1.165, 1.54) is 49.7 Å². The van der Waals surface area contributed by atoms with Gasteiger partial charge in [-0.05, 0) is 48.0 Å². The topological polar surface area (TPSA) is 35.6 Å². The lowest BCUT2D eigenvalue weighted by atomic mass is 9.83. The monoisotopic (exact) mass is 628 g/mol. The zero-order valence-corrected chi connectivity index (χ0v) is 27.3. The molecule has 232 valence electrons. The molecule has 49 heavy (non-hydrogen) atoms. The Bertz CT molecular complexity index is 2670. The van der Waals surface area contributed by atoms with E-state index < -0.39 is 0 Å². The Morgan fingerprint density at radius 1 is 0.469 bits per heavy atom. The molecule has 0 bridgehead atoms. The largest absolute Gasteiger partial charge is 0.312 e. The first kappa shape index (κ1) is 27.8. The van der Waals surface area contributed by atoms with Gasteiger partial charge in [-0.2, -0.15) is 0 Å². The van der Waals surface area contributed by atoms with Crippen LogP contribution in [-0.4, -0.2) is 19.1 Å². The molecule has 10 rings (SSSR count). The Morgan fingerprint density at radius 2 is 1.10 bits per heavy atom. The highest BCUT2D eigenvalue weighted by molar-refractivity contribution is 6.19. The molecule has 0 amide bonds. The van der Waals surface area contributed by atoms with Crippen LogP contribution in [0.3, 0.4) is 0 Å². The van der Waals surface area contributed by atoms with Crippen LogP contribution < -0.4 is 0 Å². The molecule has 0 atom stereocenters. The van der Waals surface area contributed by atoms with Gasteiger partial charge in [0, 0.05) is 55.3 Å². The van der Waals surface area contributed by atoms with Crippen molar-refractivity contribution in [2.24, 2.45) is 0 Å². The molecule has 4 nitrogen and oxygen atoms in total. The minimum absolute atomic E-state index is 0.101. The first-order valence-electron chi connectivity index (χ1n) is 16.8. The van der Waals surface area contributed by atoms with Crippen molar-refractivity contribution in [3.8, 4) is 45.3 Å². The Kier molecular flexibility index (Phi) is 5.89. The SMILES string of the molecule is CC1(C)c2ccccc2-n2c1cc1c2ccc2c3ccccc3n(-c3cccc(-c4nc(-c5ccccc5)cc(-c5ccccc5)n4)c3)c21. The van der Waals surface area contributed by atoms with Crippen LogP contribution in [0, 0.1) is 0 Å². The average molecular weight is 629 g/mol. The Morgan fingerprint density at radius 3 is 1.86 bits per heavy atom. The van der Waals surface area contributed by atoms with Gasteiger partial charge >= 0.3 is 0 Å². The molecule has 0 radical (unpaired) electrons. The molecule has 0 saturated heterocycles. The highest BCUT2D eigenvalue weighted by Gasteiger charge is 2.37. The van der Waals surface area contributed by atoms with E-state index in [2.05, 4.69) is 169 Å². The summed E-state index contributed by atoms with van der Waals surface area (Å²) in [5.41, 5.74) is 13.5. The fraction of sp³-hybridized carbons (Fsp3) is 0.0667. The molecule has 9 aromatic rings. The summed E-state index contributed by atoms with van der Waals surface area (Å²) in [6.45, 7) is 4.68. The third kappa shape index (κ3) is 4.10. The van der Waals surface area contributed by atoms with Crippen LogP contribution in [0.15, 0.2) is 158 Å². The molecule has 1 aliphatic heterocycles. The fourth-order valence-corrected chi connectivity index (χ4v) is 7.94. The van der Waals surface area contributed by atoms with Crippen LogP contribution in [0.25, 0.3) is 78.0 Å². The summed E-state index contributed by atoms with van der Waals surface area (Å²) in [7, 11) is 0. The van der Waals surface area contributed by atoms with Gasteiger partial charge < -0.3 is 9.13 Å². The second-order valence-corrected chi connectivity index (χ2v) is 13.5. The van der Waals surface area contributed by atoms with Crippen molar-refractivity contribution in [2.45, 2.75) is 19.3 Å². The smallest absolute Gasteiger partial charge is 0.160 e. The van der Waals surface area contributed by atoms with Gasteiger partial charge in [-0.25, -0.2) is 9.97 Å². The van der Waals surface area contributed by atoms with Gasteiger partial charge in [0.15, 0.2) is 5.82 Å². The minimum atomic E-state index is -0.101. The lowest BCUT2D eigenvalue weighted by Crippen LogP contribution is -2.14. The zero-order chi connectivity index (χ0) is 32.7. The van der Waals surface area contributed by atoms with E-state index in [4.69, 9.17) is 9.97 Å². The van der Waals surface area contributed by atoms with Gasteiger partial charge in [0.25, 0.3) is 0 Å². The van der Waals surface area contributed by atoms with Crippen molar-refractivity contribution in [1.29, 1.82) is 0 Å². The van der Waals surface area contributed by atoms with Crippen LogP contribution in [0.2, 0.25) is 0 Å². The molecule has 0 unspecified atom stereocenters. The molecule has 0 aliphatic carbocycles. The maximum atomic E-state index is 5.14. The van der Waals surface area contributed by atoms with E-state index in [1.54, 1.807) is 0 Å². The number of para-hydroxylation sites is 2. The maximum Gasteiger partial charge on any atom is 0.160 e. The van der Waals surface area contributed by atoms with Gasteiger partial charge in [0.05, 0.1) is 27.9 Å². The molecule has 3 aromatic heterocycles. The molecule has 0 N–H and O–H groups in total. The summed E-state index contributed by atoms with van der Waals surface area (Å²) >= 11 is 0. The molecule has 0 spiro atoms. The number of benzene rings is 6. The summed E-state index contributed by atoms with van der Waals surface area (Å²) < 4.78 is 4.90. The van der Waals surface area contributed by atoms with Crippen molar-refractivity contribution >= 4 is 32.7 Å². The van der Waals surface area contributed by atoms with Crippen LogP contribution in [0.5, 0.6) is 0 Å². The minimum Gasteiger partial charge on any atom is -0.312 e. The number of hydrogen-bond acceptors (Lipinski definition) is 2. The third-order valence-electron chi connectivity index (χ3n) is 10.3. The lowest BCUT2D eigenvalue weighted by Gasteiger charge is -2.18. The zero-order valence-electron chi connectivity index (χ0n) is 27.3. The molecule has 0 saturated carbocycles. The van der Waals surface area contributed by atoms with Crippen molar-refractivity contribution in [3.05, 3.63) is 169 Å². The molecule has 4 heteroatoms. The van der Waals surface area contributed by atoms with Gasteiger partial charge in [0.2, 0.25) is 0 Å². The van der Waals surface area contributed by atoms with E-state index in [0.29, 0.717) is 5.82 Å². The summed E-state index contributed by atoms with van der Waals surface area (Å²) in [5.74, 6) is 0.703. The maximum absolute atomic E-state index is 5.14. The first-order valence-corrected chi connectivity index (χ1v) is 16.8. The second-order valence-electron chi connectivity index (χ2n) is 13.5.